The summed E-state index contributed by atoms with van der Waals surface area (Å²) >= 11 is 0. The molecule has 3 aromatic carbocycles. The predicted octanol–water partition coefficient (Wildman–Crippen LogP) is 7.29. The van der Waals surface area contributed by atoms with Crippen LogP contribution in [0.5, 0.6) is 0 Å². The number of carbonyl (C=O) groups is 4. The quantitative estimate of drug-likeness (QED) is 0.101. The van der Waals surface area contributed by atoms with Gasteiger partial charge in [-0.25, -0.2) is 19.6 Å². The zero-order chi connectivity index (χ0) is 41.4. The number of likely N-dealkylation sites (tertiary alicyclic amines) is 2. The Bertz CT molecular complexity index is 2390. The topological polar surface area (TPSA) is 175 Å². The molecule has 14 nitrogen and oxygen atoms in total. The maximum atomic E-state index is 14.0. The number of ether oxygens (including phenoxy) is 2. The van der Waals surface area contributed by atoms with Gasteiger partial charge in [0.2, 0.25) is 11.8 Å². The first-order chi connectivity index (χ1) is 28.6. The Morgan fingerprint density at radius 2 is 1.39 bits per heavy atom. The molecule has 3 fully saturated rings. The molecular formula is C45H50N8O6. The molecule has 4 heterocycles. The Morgan fingerprint density at radius 3 is 2.08 bits per heavy atom. The van der Waals surface area contributed by atoms with E-state index in [-0.39, 0.29) is 35.9 Å². The number of hydrogen-bond donors (Lipinski definition) is 4. The van der Waals surface area contributed by atoms with Gasteiger partial charge < -0.3 is 39.9 Å². The largest absolute Gasteiger partial charge is 0.453 e. The van der Waals surface area contributed by atoms with Crippen LogP contribution in [0, 0.1) is 11.8 Å². The molecule has 2 aromatic heterocycles. The Hall–Kier alpha value is -6.44. The number of methoxy groups -OCH3 is 2. The van der Waals surface area contributed by atoms with Gasteiger partial charge in [-0.05, 0) is 83.5 Å². The molecule has 4 N–H and O–H groups in total. The van der Waals surface area contributed by atoms with Gasteiger partial charge in [-0.3, -0.25) is 9.59 Å². The van der Waals surface area contributed by atoms with Crippen LogP contribution < -0.4 is 10.6 Å². The first kappa shape index (κ1) is 39.4. The molecule has 1 saturated carbocycles. The minimum absolute atomic E-state index is 0.0939. The summed E-state index contributed by atoms with van der Waals surface area (Å²) in [6.45, 7) is 8.13. The number of alkyl carbamates (subject to hydrolysis) is 2. The van der Waals surface area contributed by atoms with E-state index in [9.17, 15) is 19.2 Å². The highest BCUT2D eigenvalue weighted by Crippen LogP contribution is 2.50. The SMILES string of the molecule is C=CC(NC(=O)OC)C(=O)N1CCCC1c1ncc(-c2ccc(-c3ccc4cc(-c5cnc(C6C7CCC(C7)N6C(=O)C(NC(=O)OC)C(C)C)[nH]5)ccc4c3)cc2)[nH]1. The van der Waals surface area contributed by atoms with Crippen molar-refractivity contribution in [3.63, 3.8) is 0 Å². The summed E-state index contributed by atoms with van der Waals surface area (Å²) in [6.07, 6.45) is 8.25. The van der Waals surface area contributed by atoms with E-state index in [1.54, 1.807) is 11.1 Å². The Kier molecular flexibility index (Phi) is 11.0. The van der Waals surface area contributed by atoms with Gasteiger partial charge in [0.15, 0.2) is 0 Å². The van der Waals surface area contributed by atoms with E-state index in [4.69, 9.17) is 9.72 Å². The predicted molar refractivity (Wildman–Crippen MR) is 223 cm³/mol. The van der Waals surface area contributed by atoms with Crippen molar-refractivity contribution in [1.82, 2.24) is 40.4 Å². The van der Waals surface area contributed by atoms with E-state index >= 15 is 0 Å². The van der Waals surface area contributed by atoms with Gasteiger partial charge in [-0.15, -0.1) is 6.58 Å². The lowest BCUT2D eigenvalue weighted by atomic mass is 9.95. The van der Waals surface area contributed by atoms with E-state index in [1.807, 2.05) is 24.9 Å². The second-order valence-electron chi connectivity index (χ2n) is 16.0. The minimum Gasteiger partial charge on any atom is -0.453 e. The summed E-state index contributed by atoms with van der Waals surface area (Å²) < 4.78 is 9.50. The lowest BCUT2D eigenvalue weighted by molar-refractivity contribution is -0.139. The number of nitrogens with one attached hydrogen (secondary N) is 4. The van der Waals surface area contributed by atoms with E-state index in [0.717, 1.165) is 82.3 Å². The second-order valence-corrected chi connectivity index (χ2v) is 16.0. The number of nitrogens with zero attached hydrogens (tertiary/aromatic N) is 4. The van der Waals surface area contributed by atoms with Crippen LogP contribution in [-0.4, -0.2) is 92.6 Å². The zero-order valence-electron chi connectivity index (χ0n) is 33.7. The molecule has 5 aromatic rings. The third-order valence-corrected chi connectivity index (χ3v) is 12.2. The van der Waals surface area contributed by atoms with Crippen molar-refractivity contribution >= 4 is 34.8 Å². The zero-order valence-corrected chi connectivity index (χ0v) is 33.7. The average Bonchev–Trinajstić information content (AvgIpc) is 4.12. The van der Waals surface area contributed by atoms with Gasteiger partial charge >= 0.3 is 12.2 Å². The number of amides is 4. The Labute approximate surface area is 342 Å². The Balaban J connectivity index is 0.955. The molecule has 2 bridgehead atoms. The number of hydrogen-bond acceptors (Lipinski definition) is 8. The first-order valence-electron chi connectivity index (χ1n) is 20.3. The van der Waals surface area contributed by atoms with Crippen LogP contribution in [0.15, 0.2) is 85.7 Å². The maximum Gasteiger partial charge on any atom is 0.407 e. The lowest BCUT2D eigenvalue weighted by Crippen LogP contribution is -2.54. The van der Waals surface area contributed by atoms with Crippen LogP contribution in [-0.2, 0) is 19.1 Å². The number of piperidine rings is 1. The molecule has 8 rings (SSSR count). The third kappa shape index (κ3) is 7.66. The lowest BCUT2D eigenvalue weighted by Gasteiger charge is -2.37. The molecule has 3 aliphatic rings. The van der Waals surface area contributed by atoms with Crippen LogP contribution in [0.4, 0.5) is 9.59 Å². The van der Waals surface area contributed by atoms with E-state index in [2.05, 4.69) is 97.6 Å². The fourth-order valence-electron chi connectivity index (χ4n) is 9.14. The summed E-state index contributed by atoms with van der Waals surface area (Å²) in [5, 5.41) is 7.49. The fraction of sp³-hybridized carbons (Fsp3) is 0.378. The van der Waals surface area contributed by atoms with Crippen molar-refractivity contribution in [3.05, 3.63) is 97.4 Å². The molecule has 6 atom stereocenters. The van der Waals surface area contributed by atoms with Crippen LogP contribution in [0.1, 0.15) is 69.7 Å². The highest BCUT2D eigenvalue weighted by Gasteiger charge is 2.51. The molecule has 306 valence electrons. The summed E-state index contributed by atoms with van der Waals surface area (Å²) in [5.74, 6) is 1.33. The van der Waals surface area contributed by atoms with Gasteiger partial charge in [0, 0.05) is 18.2 Å². The molecule has 6 unspecified atom stereocenters. The summed E-state index contributed by atoms with van der Waals surface area (Å²) in [4.78, 5) is 71.3. The monoisotopic (exact) mass is 798 g/mol. The van der Waals surface area contributed by atoms with Gasteiger partial charge in [-0.1, -0.05) is 68.5 Å². The second kappa shape index (κ2) is 16.4. The fourth-order valence-corrected chi connectivity index (χ4v) is 9.14. The summed E-state index contributed by atoms with van der Waals surface area (Å²) in [6, 6.07) is 19.2. The number of aromatic nitrogens is 4. The van der Waals surface area contributed by atoms with Crippen molar-refractivity contribution in [2.75, 3.05) is 20.8 Å². The molecule has 1 aliphatic carbocycles. The van der Waals surface area contributed by atoms with Crippen LogP contribution in [0.2, 0.25) is 0 Å². The molecule has 4 amide bonds. The number of rotatable bonds is 11. The molecular weight excluding hydrogens is 749 g/mol. The smallest absolute Gasteiger partial charge is 0.407 e. The molecule has 0 spiro atoms. The van der Waals surface area contributed by atoms with E-state index < -0.39 is 24.3 Å². The first-order valence-corrected chi connectivity index (χ1v) is 20.3. The standard InChI is InChI=1S/C45H50N8O6/c1-6-34(50-44(56)58-4)42(54)52-19-7-8-37(52)40-46-23-35(48-40)27-11-9-26(10-12-27)28-13-14-30-21-31(16-15-29(30)20-28)36-24-47-41(49-36)39-32-17-18-33(22-32)53(39)43(55)38(25(2)3)51-45(57)59-5/h6,9-16,20-21,23-25,32-34,37-39H,1,7-8,17-19,22H2,2-5H3,(H,46,48)(H,47,49)(H,50,56)(H,51,57). The van der Waals surface area contributed by atoms with Crippen LogP contribution in [0.25, 0.3) is 44.4 Å². The normalized spacial score (nSPS) is 20.8. The van der Waals surface area contributed by atoms with Crippen molar-refractivity contribution in [2.24, 2.45) is 11.8 Å². The molecule has 2 saturated heterocycles. The van der Waals surface area contributed by atoms with Gasteiger partial charge in [-0.2, -0.15) is 0 Å². The van der Waals surface area contributed by atoms with Crippen molar-refractivity contribution in [2.45, 2.75) is 76.2 Å². The van der Waals surface area contributed by atoms with Crippen molar-refractivity contribution in [3.8, 4) is 33.6 Å². The molecule has 59 heavy (non-hydrogen) atoms. The maximum absolute atomic E-state index is 14.0. The van der Waals surface area contributed by atoms with Gasteiger partial charge in [0.05, 0.1) is 50.1 Å². The number of imidazole rings is 2. The average molecular weight is 799 g/mol. The highest BCUT2D eigenvalue weighted by molar-refractivity contribution is 5.91. The third-order valence-electron chi connectivity index (χ3n) is 12.2. The number of aromatic amines is 2. The highest BCUT2D eigenvalue weighted by atomic mass is 16.5. The van der Waals surface area contributed by atoms with E-state index in [0.29, 0.717) is 18.3 Å². The molecule has 0 radical (unpaired) electrons. The number of benzene rings is 3. The van der Waals surface area contributed by atoms with Crippen LogP contribution in [0.3, 0.4) is 0 Å². The molecule has 14 heteroatoms. The van der Waals surface area contributed by atoms with Gasteiger partial charge in [0.1, 0.15) is 23.7 Å². The summed E-state index contributed by atoms with van der Waals surface area (Å²) in [7, 11) is 2.56. The van der Waals surface area contributed by atoms with Gasteiger partial charge in [0.25, 0.3) is 0 Å². The van der Waals surface area contributed by atoms with Crippen molar-refractivity contribution < 1.29 is 28.7 Å². The Morgan fingerprint density at radius 1 is 0.780 bits per heavy atom. The van der Waals surface area contributed by atoms with Crippen LogP contribution >= 0.6 is 0 Å². The minimum atomic E-state index is -0.890. The summed E-state index contributed by atoms with van der Waals surface area (Å²) in [5.41, 5.74) is 5.87. The number of fused-ring (bicyclic) bond motifs is 3. The molecule has 2 aliphatic heterocycles. The van der Waals surface area contributed by atoms with E-state index in [1.165, 1.54) is 20.3 Å². The number of carbonyl (C=O) groups excluding carboxylic acids is 4. The number of H-pyrrole nitrogens is 2. The van der Waals surface area contributed by atoms with Crippen molar-refractivity contribution in [1.29, 1.82) is 0 Å².